The molecule has 1 saturated heterocycles. The largest absolute Gasteiger partial charge is 0.315 e. The highest BCUT2D eigenvalue weighted by atomic mass is 32.2. The van der Waals surface area contributed by atoms with Gasteiger partial charge in [0.25, 0.3) is 0 Å². The first-order valence-electron chi connectivity index (χ1n) is 5.72. The van der Waals surface area contributed by atoms with E-state index in [1.807, 2.05) is 0 Å². The van der Waals surface area contributed by atoms with Crippen molar-refractivity contribution in [3.8, 4) is 0 Å². The van der Waals surface area contributed by atoms with Gasteiger partial charge in [-0.2, -0.15) is 11.8 Å². The van der Waals surface area contributed by atoms with Gasteiger partial charge in [0, 0.05) is 37.2 Å². The number of hydrogen-bond donors (Lipinski definition) is 1. The first-order chi connectivity index (χ1) is 6.70. The number of thioether (sulfide) groups is 1. The lowest BCUT2D eigenvalue weighted by atomic mass is 10.2. The molecule has 14 heavy (non-hydrogen) atoms. The number of hydrogen-bond acceptors (Lipinski definition) is 3. The maximum absolute atomic E-state index is 3.50. The zero-order valence-corrected chi connectivity index (χ0v) is 10.6. The highest BCUT2D eigenvalue weighted by Crippen LogP contribution is 2.14. The molecule has 0 aromatic rings. The molecule has 0 aromatic heterocycles. The third kappa shape index (κ3) is 4.67. The molecule has 0 aliphatic carbocycles. The average Bonchev–Trinajstić information content (AvgIpc) is 2.15. The Morgan fingerprint density at radius 2 is 2.29 bits per heavy atom. The van der Waals surface area contributed by atoms with Crippen LogP contribution in [0.1, 0.15) is 20.8 Å². The van der Waals surface area contributed by atoms with Crippen LogP contribution in [0.3, 0.4) is 0 Å². The topological polar surface area (TPSA) is 15.3 Å². The van der Waals surface area contributed by atoms with Crippen LogP contribution in [0.25, 0.3) is 0 Å². The molecule has 1 unspecified atom stereocenters. The fourth-order valence-corrected chi connectivity index (χ4v) is 2.79. The first-order valence-corrected chi connectivity index (χ1v) is 6.88. The van der Waals surface area contributed by atoms with Crippen LogP contribution in [0, 0.1) is 5.92 Å². The van der Waals surface area contributed by atoms with E-state index in [0.29, 0.717) is 0 Å². The van der Waals surface area contributed by atoms with E-state index < -0.39 is 0 Å². The highest BCUT2D eigenvalue weighted by Gasteiger charge is 2.17. The number of nitrogens with zero attached hydrogens (tertiary/aromatic N) is 1. The Labute approximate surface area is 92.8 Å². The van der Waals surface area contributed by atoms with E-state index in [2.05, 4.69) is 42.7 Å². The van der Waals surface area contributed by atoms with Gasteiger partial charge in [-0.3, -0.25) is 4.90 Å². The molecule has 1 fully saturated rings. The standard InChI is InChI=1S/C11H24N2S/c1-10(2)8-12-4-5-13-6-7-14-9-11(13)3/h10-12H,4-9H2,1-3H3. The van der Waals surface area contributed by atoms with E-state index in [1.54, 1.807) is 0 Å². The zero-order chi connectivity index (χ0) is 10.4. The molecule has 0 bridgehead atoms. The quantitative estimate of drug-likeness (QED) is 0.704. The van der Waals surface area contributed by atoms with Gasteiger partial charge in [-0.15, -0.1) is 0 Å². The monoisotopic (exact) mass is 216 g/mol. The summed E-state index contributed by atoms with van der Waals surface area (Å²) in [5.41, 5.74) is 0. The molecule has 0 amide bonds. The summed E-state index contributed by atoms with van der Waals surface area (Å²) in [6, 6.07) is 0.773. The SMILES string of the molecule is CC(C)CNCCN1CCSCC1C. The highest BCUT2D eigenvalue weighted by molar-refractivity contribution is 7.99. The molecule has 0 aromatic carbocycles. The smallest absolute Gasteiger partial charge is 0.0158 e. The summed E-state index contributed by atoms with van der Waals surface area (Å²) in [5.74, 6) is 3.39. The second-order valence-electron chi connectivity index (χ2n) is 4.56. The van der Waals surface area contributed by atoms with Crippen molar-refractivity contribution in [3.63, 3.8) is 0 Å². The van der Waals surface area contributed by atoms with Crippen molar-refractivity contribution in [3.05, 3.63) is 0 Å². The molecule has 2 nitrogen and oxygen atoms in total. The van der Waals surface area contributed by atoms with Gasteiger partial charge in [-0.25, -0.2) is 0 Å². The van der Waals surface area contributed by atoms with E-state index >= 15 is 0 Å². The Balaban J connectivity index is 2.04. The maximum Gasteiger partial charge on any atom is 0.0158 e. The van der Waals surface area contributed by atoms with Crippen molar-refractivity contribution in [1.29, 1.82) is 0 Å². The lowest BCUT2D eigenvalue weighted by Crippen LogP contribution is -2.44. The third-order valence-corrected chi connectivity index (χ3v) is 3.82. The summed E-state index contributed by atoms with van der Waals surface area (Å²) < 4.78 is 0. The fraction of sp³-hybridized carbons (Fsp3) is 1.00. The van der Waals surface area contributed by atoms with Gasteiger partial charge < -0.3 is 5.32 Å². The van der Waals surface area contributed by atoms with E-state index in [0.717, 1.165) is 25.0 Å². The Hall–Kier alpha value is 0.270. The normalized spacial score (nSPS) is 24.4. The lowest BCUT2D eigenvalue weighted by molar-refractivity contribution is 0.232. The Bertz CT molecular complexity index is 150. The molecule has 1 atom stereocenters. The van der Waals surface area contributed by atoms with Crippen LogP contribution >= 0.6 is 11.8 Å². The van der Waals surface area contributed by atoms with Crippen molar-refractivity contribution in [2.24, 2.45) is 5.92 Å². The molecule has 1 N–H and O–H groups in total. The van der Waals surface area contributed by atoms with E-state index in [9.17, 15) is 0 Å². The minimum absolute atomic E-state index is 0.768. The molecule has 1 heterocycles. The van der Waals surface area contributed by atoms with E-state index in [-0.39, 0.29) is 0 Å². The van der Waals surface area contributed by atoms with Crippen LogP contribution in [-0.2, 0) is 0 Å². The Kier molecular flexibility index (Phi) is 5.90. The van der Waals surface area contributed by atoms with Crippen molar-refractivity contribution >= 4 is 11.8 Å². The van der Waals surface area contributed by atoms with Gasteiger partial charge >= 0.3 is 0 Å². The van der Waals surface area contributed by atoms with Gasteiger partial charge in [0.05, 0.1) is 0 Å². The predicted molar refractivity (Wildman–Crippen MR) is 66.1 cm³/mol. The Morgan fingerprint density at radius 1 is 1.50 bits per heavy atom. The molecular formula is C11H24N2S. The lowest BCUT2D eigenvalue weighted by Gasteiger charge is -2.33. The molecule has 0 saturated carbocycles. The summed E-state index contributed by atoms with van der Waals surface area (Å²) in [6.45, 7) is 11.6. The Morgan fingerprint density at radius 3 is 2.93 bits per heavy atom. The predicted octanol–water partition coefficient (Wildman–Crippen LogP) is 1.67. The molecule has 3 heteroatoms. The molecular weight excluding hydrogens is 192 g/mol. The maximum atomic E-state index is 3.50. The van der Waals surface area contributed by atoms with Gasteiger partial charge in [-0.1, -0.05) is 13.8 Å². The van der Waals surface area contributed by atoms with E-state index in [1.165, 1.54) is 24.6 Å². The minimum atomic E-state index is 0.768. The summed E-state index contributed by atoms with van der Waals surface area (Å²) in [5, 5.41) is 3.50. The number of nitrogens with one attached hydrogen (secondary N) is 1. The molecule has 1 aliphatic rings. The van der Waals surface area contributed by atoms with Crippen LogP contribution in [0.2, 0.25) is 0 Å². The van der Waals surface area contributed by atoms with Crippen molar-refractivity contribution in [2.45, 2.75) is 26.8 Å². The van der Waals surface area contributed by atoms with Crippen LogP contribution in [0.5, 0.6) is 0 Å². The third-order valence-electron chi connectivity index (χ3n) is 2.63. The molecule has 1 aliphatic heterocycles. The van der Waals surface area contributed by atoms with Gasteiger partial charge in [0.1, 0.15) is 0 Å². The molecule has 0 spiro atoms. The van der Waals surface area contributed by atoms with Crippen LogP contribution in [-0.4, -0.2) is 48.6 Å². The fourth-order valence-electron chi connectivity index (χ4n) is 1.71. The van der Waals surface area contributed by atoms with Crippen molar-refractivity contribution in [2.75, 3.05) is 37.7 Å². The van der Waals surface area contributed by atoms with E-state index in [4.69, 9.17) is 0 Å². The summed E-state index contributed by atoms with van der Waals surface area (Å²) in [6.07, 6.45) is 0. The zero-order valence-electron chi connectivity index (χ0n) is 9.75. The molecule has 1 rings (SSSR count). The summed E-state index contributed by atoms with van der Waals surface area (Å²) in [7, 11) is 0. The van der Waals surface area contributed by atoms with Gasteiger partial charge in [-0.05, 0) is 19.4 Å². The first kappa shape index (κ1) is 12.3. The van der Waals surface area contributed by atoms with Crippen molar-refractivity contribution < 1.29 is 0 Å². The summed E-state index contributed by atoms with van der Waals surface area (Å²) in [4.78, 5) is 2.60. The van der Waals surface area contributed by atoms with Crippen LogP contribution in [0.15, 0.2) is 0 Å². The van der Waals surface area contributed by atoms with Crippen LogP contribution in [0.4, 0.5) is 0 Å². The van der Waals surface area contributed by atoms with Crippen LogP contribution < -0.4 is 5.32 Å². The molecule has 84 valence electrons. The van der Waals surface area contributed by atoms with Gasteiger partial charge in [0.15, 0.2) is 0 Å². The average molecular weight is 216 g/mol. The van der Waals surface area contributed by atoms with Crippen molar-refractivity contribution in [1.82, 2.24) is 10.2 Å². The van der Waals surface area contributed by atoms with Gasteiger partial charge in [0.2, 0.25) is 0 Å². The second-order valence-corrected chi connectivity index (χ2v) is 5.71. The number of rotatable bonds is 5. The summed E-state index contributed by atoms with van der Waals surface area (Å²) >= 11 is 2.09. The minimum Gasteiger partial charge on any atom is -0.315 e. The second kappa shape index (κ2) is 6.70. The molecule has 0 radical (unpaired) electrons.